The fourth-order valence-corrected chi connectivity index (χ4v) is 2.31. The quantitative estimate of drug-likeness (QED) is 0.839. The third kappa shape index (κ3) is 3.18. The van der Waals surface area contributed by atoms with E-state index >= 15 is 0 Å². The first-order valence-electron chi connectivity index (χ1n) is 7.65. The maximum atomic E-state index is 12.5. The van der Waals surface area contributed by atoms with Gasteiger partial charge < -0.3 is 5.32 Å². The van der Waals surface area contributed by atoms with Gasteiger partial charge in [-0.25, -0.2) is 4.99 Å². The first-order chi connectivity index (χ1) is 12.4. The maximum Gasteiger partial charge on any atom is 0.281 e. The average Bonchev–Trinajstić information content (AvgIpc) is 2.99. The Morgan fingerprint density at radius 3 is 2.73 bits per heavy atom. The zero-order valence-electron chi connectivity index (χ0n) is 14.1. The fraction of sp³-hybridized carbons (Fsp3) is 0.111. The molecule has 1 aromatic heterocycles. The standard InChI is InChI=1S/C18H14N6O2/c1-10-7-15(21-17(26)14-6-4-5-13(8-14)9-19)24(23-10)18-20-12(3)11(2)16(25)22-18/h4-8H,2H2,1,3H3,(H,21,26). The minimum absolute atomic E-state index is 0.0501. The van der Waals surface area contributed by atoms with Crippen molar-refractivity contribution >= 4 is 29.3 Å². The van der Waals surface area contributed by atoms with Crippen molar-refractivity contribution in [1.82, 2.24) is 9.78 Å². The summed E-state index contributed by atoms with van der Waals surface area (Å²) in [6.45, 7) is 7.01. The molecule has 1 aliphatic heterocycles. The largest absolute Gasteiger partial charge is 0.306 e. The number of carbonyl (C=O) groups is 2. The molecule has 0 spiro atoms. The van der Waals surface area contributed by atoms with Gasteiger partial charge in [0.1, 0.15) is 5.82 Å². The summed E-state index contributed by atoms with van der Waals surface area (Å²) in [6.07, 6.45) is 0. The van der Waals surface area contributed by atoms with E-state index in [1.54, 1.807) is 38.1 Å². The molecule has 8 heteroatoms. The Labute approximate surface area is 149 Å². The number of amides is 2. The molecule has 1 aromatic carbocycles. The summed E-state index contributed by atoms with van der Waals surface area (Å²) in [6, 6.07) is 9.93. The Morgan fingerprint density at radius 2 is 2.04 bits per heavy atom. The summed E-state index contributed by atoms with van der Waals surface area (Å²) in [7, 11) is 0. The van der Waals surface area contributed by atoms with Crippen molar-refractivity contribution in [2.75, 3.05) is 5.32 Å². The number of aliphatic imine (C=N–C) groups is 2. The topological polar surface area (TPSA) is 112 Å². The number of carbonyl (C=O) groups excluding carboxylic acids is 2. The molecule has 2 aromatic rings. The van der Waals surface area contributed by atoms with Crippen molar-refractivity contribution < 1.29 is 9.59 Å². The maximum absolute atomic E-state index is 12.5. The number of aromatic nitrogens is 2. The number of aryl methyl sites for hydroxylation is 1. The number of nitrogens with one attached hydrogen (secondary N) is 1. The molecule has 0 fully saturated rings. The molecule has 0 aliphatic carbocycles. The number of hydrogen-bond acceptors (Lipinski definition) is 5. The van der Waals surface area contributed by atoms with E-state index in [0.717, 1.165) is 0 Å². The summed E-state index contributed by atoms with van der Waals surface area (Å²) in [5.74, 6) is -0.560. The van der Waals surface area contributed by atoms with E-state index in [1.807, 2.05) is 6.07 Å². The number of hydrogen-bond donors (Lipinski definition) is 1. The van der Waals surface area contributed by atoms with E-state index in [2.05, 4.69) is 27.0 Å². The highest BCUT2D eigenvalue weighted by Crippen LogP contribution is 2.16. The van der Waals surface area contributed by atoms with Crippen LogP contribution in [-0.2, 0) is 4.79 Å². The highest BCUT2D eigenvalue weighted by Gasteiger charge is 2.21. The second-order valence-electron chi connectivity index (χ2n) is 5.62. The lowest BCUT2D eigenvalue weighted by Gasteiger charge is -2.12. The van der Waals surface area contributed by atoms with Crippen LogP contribution in [0, 0.1) is 18.3 Å². The van der Waals surface area contributed by atoms with Crippen LogP contribution in [0.15, 0.2) is 52.5 Å². The van der Waals surface area contributed by atoms with Crippen LogP contribution in [0.1, 0.15) is 28.5 Å². The Hall–Kier alpha value is -3.86. The summed E-state index contributed by atoms with van der Waals surface area (Å²) in [5, 5.41) is 15.9. The molecule has 2 amide bonds. The molecule has 0 radical (unpaired) electrons. The number of anilines is 1. The van der Waals surface area contributed by atoms with Gasteiger partial charge in [-0.2, -0.15) is 20.0 Å². The molecule has 2 heterocycles. The van der Waals surface area contributed by atoms with Crippen LogP contribution in [0.25, 0.3) is 0 Å². The smallest absolute Gasteiger partial charge is 0.281 e. The van der Waals surface area contributed by atoms with E-state index < -0.39 is 11.8 Å². The van der Waals surface area contributed by atoms with E-state index in [-0.39, 0.29) is 11.5 Å². The number of nitrogens with zero attached hydrogens (tertiary/aromatic N) is 5. The van der Waals surface area contributed by atoms with Crippen LogP contribution in [0.4, 0.5) is 5.82 Å². The third-order valence-electron chi connectivity index (χ3n) is 3.68. The number of nitriles is 1. The molecule has 128 valence electrons. The fourth-order valence-electron chi connectivity index (χ4n) is 2.31. The lowest BCUT2D eigenvalue weighted by molar-refractivity contribution is -0.113. The Bertz CT molecular complexity index is 1050. The Morgan fingerprint density at radius 1 is 1.27 bits per heavy atom. The van der Waals surface area contributed by atoms with E-state index in [4.69, 9.17) is 5.26 Å². The van der Waals surface area contributed by atoms with Gasteiger partial charge in [0.05, 0.1) is 28.6 Å². The predicted octanol–water partition coefficient (Wildman–Crippen LogP) is 2.08. The number of benzene rings is 1. The van der Waals surface area contributed by atoms with Crippen molar-refractivity contribution in [3.63, 3.8) is 0 Å². The molecule has 3 rings (SSSR count). The van der Waals surface area contributed by atoms with E-state index in [0.29, 0.717) is 28.4 Å². The molecule has 0 saturated heterocycles. The third-order valence-corrected chi connectivity index (χ3v) is 3.68. The predicted molar refractivity (Wildman–Crippen MR) is 96.2 cm³/mol. The molecular formula is C18H14N6O2. The molecule has 0 unspecified atom stereocenters. The van der Waals surface area contributed by atoms with Crippen molar-refractivity contribution in [1.29, 1.82) is 5.26 Å². The highest BCUT2D eigenvalue weighted by molar-refractivity contribution is 6.28. The van der Waals surface area contributed by atoms with Gasteiger partial charge in [-0.3, -0.25) is 9.59 Å². The van der Waals surface area contributed by atoms with Crippen LogP contribution < -0.4 is 5.32 Å². The molecule has 1 N–H and O–H groups in total. The molecule has 0 atom stereocenters. The second-order valence-corrected chi connectivity index (χ2v) is 5.62. The average molecular weight is 346 g/mol. The first kappa shape index (κ1) is 17.0. The van der Waals surface area contributed by atoms with E-state index in [9.17, 15) is 9.59 Å². The Kier molecular flexibility index (Phi) is 4.29. The lowest BCUT2D eigenvalue weighted by atomic mass is 10.1. The van der Waals surface area contributed by atoms with Crippen LogP contribution >= 0.6 is 0 Å². The first-order valence-corrected chi connectivity index (χ1v) is 7.65. The van der Waals surface area contributed by atoms with Gasteiger partial charge in [-0.1, -0.05) is 12.6 Å². The van der Waals surface area contributed by atoms with Crippen LogP contribution in [0.3, 0.4) is 0 Å². The van der Waals surface area contributed by atoms with Crippen molar-refractivity contribution in [2.24, 2.45) is 9.98 Å². The SMILES string of the molecule is C=C1C(=O)N=C(n2nc(C)cc2NC(=O)c2cccc(C#N)c2)N=C1C. The summed E-state index contributed by atoms with van der Waals surface area (Å²) in [4.78, 5) is 32.5. The normalized spacial score (nSPS) is 13.7. The van der Waals surface area contributed by atoms with Gasteiger partial charge in [0, 0.05) is 11.6 Å². The lowest BCUT2D eigenvalue weighted by Crippen LogP contribution is -2.25. The molecule has 1 aliphatic rings. The van der Waals surface area contributed by atoms with Gasteiger partial charge in [0.2, 0.25) is 0 Å². The molecular weight excluding hydrogens is 332 g/mol. The van der Waals surface area contributed by atoms with Crippen LogP contribution in [0.2, 0.25) is 0 Å². The molecule has 8 nitrogen and oxygen atoms in total. The van der Waals surface area contributed by atoms with Crippen molar-refractivity contribution in [3.05, 3.63) is 59.3 Å². The number of rotatable bonds is 2. The van der Waals surface area contributed by atoms with Gasteiger partial charge in [0.15, 0.2) is 0 Å². The van der Waals surface area contributed by atoms with Gasteiger partial charge in [-0.15, -0.1) is 0 Å². The van der Waals surface area contributed by atoms with Crippen molar-refractivity contribution in [3.8, 4) is 6.07 Å². The Balaban J connectivity index is 1.94. The minimum Gasteiger partial charge on any atom is -0.306 e. The van der Waals surface area contributed by atoms with Gasteiger partial charge >= 0.3 is 0 Å². The molecule has 26 heavy (non-hydrogen) atoms. The monoisotopic (exact) mass is 346 g/mol. The second kappa shape index (κ2) is 6.57. The van der Waals surface area contributed by atoms with E-state index in [1.165, 1.54) is 10.7 Å². The van der Waals surface area contributed by atoms with Crippen molar-refractivity contribution in [2.45, 2.75) is 13.8 Å². The summed E-state index contributed by atoms with van der Waals surface area (Å²) >= 11 is 0. The molecule has 0 saturated carbocycles. The summed E-state index contributed by atoms with van der Waals surface area (Å²) in [5.41, 5.74) is 1.97. The highest BCUT2D eigenvalue weighted by atomic mass is 16.2. The van der Waals surface area contributed by atoms with Gasteiger partial charge in [0.25, 0.3) is 17.8 Å². The van der Waals surface area contributed by atoms with Gasteiger partial charge in [-0.05, 0) is 32.0 Å². The minimum atomic E-state index is -0.500. The summed E-state index contributed by atoms with van der Waals surface area (Å²) < 4.78 is 1.29. The molecule has 0 bridgehead atoms. The zero-order valence-corrected chi connectivity index (χ0v) is 14.1. The van der Waals surface area contributed by atoms with Crippen LogP contribution in [-0.4, -0.2) is 33.3 Å². The zero-order chi connectivity index (χ0) is 18.8. The van der Waals surface area contributed by atoms with Crippen LogP contribution in [0.5, 0.6) is 0 Å².